The van der Waals surface area contributed by atoms with Crippen LogP contribution >= 0.6 is 0 Å². The third-order valence-corrected chi connectivity index (χ3v) is 4.76. The lowest BCUT2D eigenvalue weighted by molar-refractivity contribution is 0.0733. The van der Waals surface area contributed by atoms with Gasteiger partial charge in [-0.1, -0.05) is 72.6 Å². The maximum atomic E-state index is 9.60. The van der Waals surface area contributed by atoms with Crippen LogP contribution in [0.4, 0.5) is 0 Å². The van der Waals surface area contributed by atoms with Gasteiger partial charge in [0.2, 0.25) is 0 Å². The molecule has 0 aliphatic heterocycles. The molecule has 1 N–H and O–H groups in total. The molecule has 0 aliphatic rings. The quantitative estimate of drug-likeness (QED) is 0.312. The summed E-state index contributed by atoms with van der Waals surface area (Å²) in [5, 5.41) is 9.60. The van der Waals surface area contributed by atoms with E-state index in [-0.39, 0.29) is 12.0 Å². The van der Waals surface area contributed by atoms with Crippen LogP contribution in [-0.2, 0) is 9.47 Å². The average Bonchev–Trinajstić information content (AvgIpc) is 2.66. The number of ether oxygens (including phenoxy) is 2. The van der Waals surface area contributed by atoms with E-state index in [0.29, 0.717) is 23.9 Å². The van der Waals surface area contributed by atoms with Crippen molar-refractivity contribution in [1.29, 1.82) is 0 Å². The van der Waals surface area contributed by atoms with Gasteiger partial charge in [-0.3, -0.25) is 0 Å². The van der Waals surface area contributed by atoms with Gasteiger partial charge in [-0.2, -0.15) is 0 Å². The SMILES string of the molecule is C=C/C(=C\C=C\C(C)(C)C(=C)/C=C(\C(=C)OC)C(C)CC)OCC(O)CC. The maximum absolute atomic E-state index is 9.60. The van der Waals surface area contributed by atoms with Crippen molar-refractivity contribution in [2.45, 2.75) is 53.6 Å². The predicted molar refractivity (Wildman–Crippen MR) is 116 cm³/mol. The Hall–Kier alpha value is -2.00. The van der Waals surface area contributed by atoms with E-state index in [1.807, 2.05) is 19.1 Å². The fraction of sp³-hybridized carbons (Fsp3) is 0.500. The van der Waals surface area contributed by atoms with Gasteiger partial charge >= 0.3 is 0 Å². The van der Waals surface area contributed by atoms with Crippen molar-refractivity contribution in [2.75, 3.05) is 13.7 Å². The summed E-state index contributed by atoms with van der Waals surface area (Å²) in [6.45, 7) is 22.7. The van der Waals surface area contributed by atoms with E-state index in [1.54, 1.807) is 13.2 Å². The second kappa shape index (κ2) is 12.4. The highest BCUT2D eigenvalue weighted by Crippen LogP contribution is 2.32. The third kappa shape index (κ3) is 8.96. The molecule has 0 saturated carbocycles. The van der Waals surface area contributed by atoms with Crippen LogP contribution in [0.5, 0.6) is 0 Å². The summed E-state index contributed by atoms with van der Waals surface area (Å²) in [5.74, 6) is 1.66. The highest BCUT2D eigenvalue weighted by Gasteiger charge is 2.19. The van der Waals surface area contributed by atoms with Crippen molar-refractivity contribution in [1.82, 2.24) is 0 Å². The van der Waals surface area contributed by atoms with E-state index in [2.05, 4.69) is 59.6 Å². The Balaban J connectivity index is 5.30. The molecule has 3 nitrogen and oxygen atoms in total. The molecule has 3 heteroatoms. The van der Waals surface area contributed by atoms with Crippen LogP contribution in [0.1, 0.15) is 47.5 Å². The molecule has 0 spiro atoms. The highest BCUT2D eigenvalue weighted by molar-refractivity contribution is 5.38. The van der Waals surface area contributed by atoms with Gasteiger partial charge in [-0.05, 0) is 42.1 Å². The van der Waals surface area contributed by atoms with Crippen molar-refractivity contribution in [2.24, 2.45) is 11.3 Å². The molecule has 0 amide bonds. The Bertz CT molecular complexity index is 591. The number of allylic oxidation sites excluding steroid dienone is 7. The van der Waals surface area contributed by atoms with Gasteiger partial charge in [0.15, 0.2) is 0 Å². The van der Waals surface area contributed by atoms with Crippen LogP contribution in [-0.4, -0.2) is 24.9 Å². The molecule has 0 rings (SSSR count). The summed E-state index contributed by atoms with van der Waals surface area (Å²) in [6.07, 6.45) is 10.8. The van der Waals surface area contributed by atoms with Crippen LogP contribution < -0.4 is 0 Å². The molecule has 0 aromatic carbocycles. The number of aliphatic hydroxyl groups excluding tert-OH is 1. The lowest BCUT2D eigenvalue weighted by atomic mass is 9.82. The lowest BCUT2D eigenvalue weighted by Gasteiger charge is -2.24. The van der Waals surface area contributed by atoms with Gasteiger partial charge in [0.1, 0.15) is 18.1 Å². The molecule has 2 unspecified atom stereocenters. The monoisotopic (exact) mass is 374 g/mol. The summed E-state index contributed by atoms with van der Waals surface area (Å²) in [5.41, 5.74) is 1.80. The maximum Gasteiger partial charge on any atom is 0.118 e. The third-order valence-electron chi connectivity index (χ3n) is 4.76. The molecule has 0 aromatic heterocycles. The van der Waals surface area contributed by atoms with Crippen molar-refractivity contribution in [3.05, 3.63) is 72.8 Å². The molecule has 27 heavy (non-hydrogen) atoms. The van der Waals surface area contributed by atoms with E-state index >= 15 is 0 Å². The number of hydrogen-bond donors (Lipinski definition) is 1. The standard InChI is InChI=1S/C24H38O3/c1-10-18(4)23(20(6)26-9)16-19(5)24(7,8)15-13-14-22(12-3)27-17-21(25)11-2/h12-16,18,21,25H,3,5-6,10-11,17H2,1-2,4,7-9H3/b15-13+,22-14+,23-16-. The van der Waals surface area contributed by atoms with Crippen LogP contribution in [0.15, 0.2) is 72.8 Å². The zero-order valence-electron chi connectivity index (χ0n) is 18.0. The molecule has 0 bridgehead atoms. The van der Waals surface area contributed by atoms with Crippen molar-refractivity contribution < 1.29 is 14.6 Å². The van der Waals surface area contributed by atoms with Gasteiger partial charge < -0.3 is 14.6 Å². The van der Waals surface area contributed by atoms with Crippen molar-refractivity contribution in [3.8, 4) is 0 Å². The minimum Gasteiger partial charge on any atom is -0.497 e. The number of aliphatic hydroxyl groups is 1. The largest absolute Gasteiger partial charge is 0.497 e. The van der Waals surface area contributed by atoms with Gasteiger partial charge in [0, 0.05) is 5.41 Å². The minimum atomic E-state index is -0.466. The molecule has 0 heterocycles. The Kier molecular flexibility index (Phi) is 11.5. The zero-order valence-corrected chi connectivity index (χ0v) is 18.0. The second-order valence-corrected chi connectivity index (χ2v) is 7.29. The van der Waals surface area contributed by atoms with Crippen LogP contribution in [0.2, 0.25) is 0 Å². The first kappa shape index (κ1) is 25.0. The smallest absolute Gasteiger partial charge is 0.118 e. The highest BCUT2D eigenvalue weighted by atomic mass is 16.5. The molecular formula is C24H38O3. The summed E-state index contributed by atoms with van der Waals surface area (Å²) in [7, 11) is 1.64. The van der Waals surface area contributed by atoms with E-state index in [4.69, 9.17) is 9.47 Å². The van der Waals surface area contributed by atoms with Gasteiger partial charge in [-0.25, -0.2) is 0 Å². The average molecular weight is 375 g/mol. The van der Waals surface area contributed by atoms with E-state index in [9.17, 15) is 5.11 Å². The Morgan fingerprint density at radius 3 is 2.30 bits per heavy atom. The van der Waals surface area contributed by atoms with Gasteiger partial charge in [0.25, 0.3) is 0 Å². The molecular weight excluding hydrogens is 336 g/mol. The fourth-order valence-electron chi connectivity index (χ4n) is 2.18. The molecule has 2 atom stereocenters. The molecule has 0 saturated heterocycles. The zero-order chi connectivity index (χ0) is 21.0. The number of methoxy groups -OCH3 is 1. The fourth-order valence-corrected chi connectivity index (χ4v) is 2.18. The molecule has 152 valence electrons. The first-order valence-electron chi connectivity index (χ1n) is 9.59. The molecule has 0 radical (unpaired) electrons. The lowest BCUT2D eigenvalue weighted by Crippen LogP contribution is -2.13. The Morgan fingerprint density at radius 1 is 1.19 bits per heavy atom. The number of rotatable bonds is 13. The summed E-state index contributed by atoms with van der Waals surface area (Å²) < 4.78 is 10.9. The first-order chi connectivity index (χ1) is 12.6. The number of hydrogen-bond acceptors (Lipinski definition) is 3. The Labute approximate surface area is 166 Å². The van der Waals surface area contributed by atoms with Gasteiger partial charge in [-0.15, -0.1) is 0 Å². The molecule has 0 aromatic rings. The molecule has 0 aliphatic carbocycles. The van der Waals surface area contributed by atoms with Gasteiger partial charge in [0.05, 0.1) is 13.2 Å². The molecule has 0 fully saturated rings. The summed E-state index contributed by atoms with van der Waals surface area (Å²) in [4.78, 5) is 0. The predicted octanol–water partition coefficient (Wildman–Crippen LogP) is 6.12. The van der Waals surface area contributed by atoms with Crippen LogP contribution in [0.25, 0.3) is 0 Å². The van der Waals surface area contributed by atoms with Crippen molar-refractivity contribution in [3.63, 3.8) is 0 Å². The van der Waals surface area contributed by atoms with Crippen molar-refractivity contribution >= 4 is 0 Å². The van der Waals surface area contributed by atoms with Crippen LogP contribution in [0.3, 0.4) is 0 Å². The van der Waals surface area contributed by atoms with E-state index < -0.39 is 6.10 Å². The summed E-state index contributed by atoms with van der Waals surface area (Å²) >= 11 is 0. The first-order valence-corrected chi connectivity index (χ1v) is 9.59. The Morgan fingerprint density at radius 2 is 1.81 bits per heavy atom. The minimum absolute atomic E-state index is 0.252. The topological polar surface area (TPSA) is 38.7 Å². The van der Waals surface area contributed by atoms with E-state index in [0.717, 1.165) is 17.6 Å². The van der Waals surface area contributed by atoms with Crippen LogP contribution in [0, 0.1) is 11.3 Å². The summed E-state index contributed by atoms with van der Waals surface area (Å²) in [6, 6.07) is 0. The normalized spacial score (nSPS) is 15.4. The second-order valence-electron chi connectivity index (χ2n) is 7.29. The van der Waals surface area contributed by atoms with E-state index in [1.165, 1.54) is 0 Å².